The number of nitrogens with zero attached hydrogens (tertiary/aromatic N) is 2. The average molecular weight is 261 g/mol. The van der Waals surface area contributed by atoms with Gasteiger partial charge in [0, 0.05) is 19.6 Å². The van der Waals surface area contributed by atoms with Crippen molar-refractivity contribution in [2.75, 3.05) is 14.2 Å². The summed E-state index contributed by atoms with van der Waals surface area (Å²) in [5.74, 6) is 1.20. The minimum Gasteiger partial charge on any atom is -0.374 e. The van der Waals surface area contributed by atoms with E-state index in [2.05, 4.69) is 27.6 Å². The maximum Gasteiger partial charge on any atom is 0.228 e. The average Bonchev–Trinajstić information content (AvgIpc) is 2.93. The Labute approximate surface area is 113 Å². The maximum absolute atomic E-state index is 5.26. The Morgan fingerprint density at radius 2 is 2.05 bits per heavy atom. The van der Waals surface area contributed by atoms with Crippen molar-refractivity contribution >= 4 is 0 Å². The molecule has 1 heterocycles. The molecule has 19 heavy (non-hydrogen) atoms. The van der Waals surface area contributed by atoms with Crippen LogP contribution in [0.2, 0.25) is 0 Å². The van der Waals surface area contributed by atoms with E-state index in [1.165, 1.54) is 5.56 Å². The van der Waals surface area contributed by atoms with Crippen LogP contribution in [0.3, 0.4) is 0 Å². The highest BCUT2D eigenvalue weighted by Gasteiger charge is 2.17. The fourth-order valence-corrected chi connectivity index (χ4v) is 1.87. The zero-order chi connectivity index (χ0) is 13.7. The van der Waals surface area contributed by atoms with Gasteiger partial charge in [0.15, 0.2) is 5.82 Å². The molecular formula is C14H19N3O2. The number of hydrogen-bond donors (Lipinski definition) is 1. The first-order valence-electron chi connectivity index (χ1n) is 6.32. The van der Waals surface area contributed by atoms with E-state index in [0.29, 0.717) is 18.1 Å². The second-order valence-electron chi connectivity index (χ2n) is 4.38. The molecule has 0 radical (unpaired) electrons. The highest BCUT2D eigenvalue weighted by atomic mass is 16.5. The number of benzene rings is 1. The Morgan fingerprint density at radius 1 is 1.32 bits per heavy atom. The standard InChI is InChI=1S/C14H19N3O2/c1-10(18-3)14-16-13(19-17-14)9-12(15-2)11-7-5-4-6-8-11/h4-8,10,12,15H,9H2,1-3H3. The van der Waals surface area contributed by atoms with Gasteiger partial charge >= 0.3 is 0 Å². The van der Waals surface area contributed by atoms with Gasteiger partial charge in [0.05, 0.1) is 0 Å². The highest BCUT2D eigenvalue weighted by molar-refractivity contribution is 5.19. The van der Waals surface area contributed by atoms with E-state index < -0.39 is 0 Å². The second-order valence-corrected chi connectivity index (χ2v) is 4.38. The van der Waals surface area contributed by atoms with Crippen molar-refractivity contribution < 1.29 is 9.26 Å². The zero-order valence-electron chi connectivity index (χ0n) is 11.5. The molecule has 1 aromatic carbocycles. The largest absolute Gasteiger partial charge is 0.374 e. The van der Waals surface area contributed by atoms with E-state index in [4.69, 9.17) is 9.26 Å². The maximum atomic E-state index is 5.26. The number of rotatable bonds is 6. The number of likely N-dealkylation sites (N-methyl/N-ethyl adjacent to an activating group) is 1. The van der Waals surface area contributed by atoms with Gasteiger partial charge in [-0.1, -0.05) is 35.5 Å². The molecule has 102 valence electrons. The summed E-state index contributed by atoms with van der Waals surface area (Å²) in [4.78, 5) is 4.35. The lowest BCUT2D eigenvalue weighted by molar-refractivity contribution is 0.109. The Hall–Kier alpha value is -1.72. The number of methoxy groups -OCH3 is 1. The molecule has 0 fully saturated rings. The lowest BCUT2D eigenvalue weighted by atomic mass is 10.0. The third-order valence-corrected chi connectivity index (χ3v) is 3.13. The fraction of sp³-hybridized carbons (Fsp3) is 0.429. The van der Waals surface area contributed by atoms with Gasteiger partial charge in [-0.2, -0.15) is 4.98 Å². The van der Waals surface area contributed by atoms with Gasteiger partial charge in [0.2, 0.25) is 5.89 Å². The molecule has 0 spiro atoms. The van der Waals surface area contributed by atoms with Crippen LogP contribution in [0.5, 0.6) is 0 Å². The monoisotopic (exact) mass is 261 g/mol. The van der Waals surface area contributed by atoms with Crippen LogP contribution in [-0.4, -0.2) is 24.3 Å². The van der Waals surface area contributed by atoms with Crippen LogP contribution >= 0.6 is 0 Å². The van der Waals surface area contributed by atoms with E-state index >= 15 is 0 Å². The van der Waals surface area contributed by atoms with Crippen LogP contribution in [0.15, 0.2) is 34.9 Å². The summed E-state index contributed by atoms with van der Waals surface area (Å²) in [5.41, 5.74) is 1.20. The molecule has 0 aliphatic heterocycles. The third kappa shape index (κ3) is 3.39. The smallest absolute Gasteiger partial charge is 0.228 e. The van der Waals surface area contributed by atoms with Crippen molar-refractivity contribution in [3.63, 3.8) is 0 Å². The Bertz CT molecular complexity index is 498. The fourth-order valence-electron chi connectivity index (χ4n) is 1.87. The zero-order valence-corrected chi connectivity index (χ0v) is 11.5. The molecule has 0 saturated carbocycles. The SMILES string of the molecule is CNC(Cc1nc(C(C)OC)no1)c1ccccc1. The Morgan fingerprint density at radius 3 is 2.68 bits per heavy atom. The van der Waals surface area contributed by atoms with Crippen LogP contribution in [0, 0.1) is 0 Å². The van der Waals surface area contributed by atoms with E-state index in [1.807, 2.05) is 32.2 Å². The number of hydrogen-bond acceptors (Lipinski definition) is 5. The van der Waals surface area contributed by atoms with Gasteiger partial charge in [0.1, 0.15) is 6.10 Å². The van der Waals surface area contributed by atoms with Gasteiger partial charge in [-0.25, -0.2) is 0 Å². The summed E-state index contributed by atoms with van der Waals surface area (Å²) < 4.78 is 10.4. The van der Waals surface area contributed by atoms with E-state index in [0.717, 1.165) is 0 Å². The minimum atomic E-state index is -0.151. The molecule has 1 aromatic heterocycles. The number of aromatic nitrogens is 2. The third-order valence-electron chi connectivity index (χ3n) is 3.13. The van der Waals surface area contributed by atoms with Gasteiger partial charge in [-0.05, 0) is 19.5 Å². The first-order chi connectivity index (χ1) is 9.24. The molecule has 2 rings (SSSR count). The molecule has 0 aliphatic carbocycles. The Kier molecular flexibility index (Phi) is 4.65. The van der Waals surface area contributed by atoms with E-state index in [9.17, 15) is 0 Å². The number of ether oxygens (including phenoxy) is 1. The Balaban J connectivity index is 2.09. The van der Waals surface area contributed by atoms with Crippen molar-refractivity contribution in [1.29, 1.82) is 0 Å². The van der Waals surface area contributed by atoms with Crippen LogP contribution < -0.4 is 5.32 Å². The predicted molar refractivity (Wildman–Crippen MR) is 71.7 cm³/mol. The molecule has 5 nitrogen and oxygen atoms in total. The molecule has 1 N–H and O–H groups in total. The molecule has 0 bridgehead atoms. The molecule has 0 saturated heterocycles. The normalized spacial score (nSPS) is 14.3. The summed E-state index contributed by atoms with van der Waals surface area (Å²) >= 11 is 0. The van der Waals surface area contributed by atoms with Crippen LogP contribution in [0.4, 0.5) is 0 Å². The summed E-state index contributed by atoms with van der Waals surface area (Å²) in [6.07, 6.45) is 0.506. The first-order valence-corrected chi connectivity index (χ1v) is 6.32. The predicted octanol–water partition coefficient (Wildman–Crippen LogP) is 2.28. The number of nitrogens with one attached hydrogen (secondary N) is 1. The molecule has 5 heteroatoms. The summed E-state index contributed by atoms with van der Waals surface area (Å²) in [7, 11) is 3.55. The molecule has 2 atom stereocenters. The molecular weight excluding hydrogens is 242 g/mol. The summed E-state index contributed by atoms with van der Waals surface area (Å²) in [5, 5.41) is 7.19. The minimum absolute atomic E-state index is 0.151. The lowest BCUT2D eigenvalue weighted by Gasteiger charge is -2.13. The van der Waals surface area contributed by atoms with Crippen molar-refractivity contribution in [2.24, 2.45) is 0 Å². The highest BCUT2D eigenvalue weighted by Crippen LogP contribution is 2.18. The van der Waals surface area contributed by atoms with Crippen LogP contribution in [0.1, 0.15) is 36.3 Å². The van der Waals surface area contributed by atoms with Crippen molar-refractivity contribution in [1.82, 2.24) is 15.5 Å². The van der Waals surface area contributed by atoms with Gasteiger partial charge in [-0.15, -0.1) is 0 Å². The van der Waals surface area contributed by atoms with E-state index in [1.54, 1.807) is 7.11 Å². The first kappa shape index (κ1) is 13.7. The van der Waals surface area contributed by atoms with Gasteiger partial charge < -0.3 is 14.6 Å². The molecule has 0 amide bonds. The second kappa shape index (κ2) is 6.45. The molecule has 2 aromatic rings. The lowest BCUT2D eigenvalue weighted by Crippen LogP contribution is -2.18. The van der Waals surface area contributed by atoms with Crippen molar-refractivity contribution in [3.05, 3.63) is 47.6 Å². The summed E-state index contributed by atoms with van der Waals surface area (Å²) in [6.45, 7) is 1.89. The summed E-state index contributed by atoms with van der Waals surface area (Å²) in [6, 6.07) is 10.4. The van der Waals surface area contributed by atoms with Crippen molar-refractivity contribution in [2.45, 2.75) is 25.5 Å². The van der Waals surface area contributed by atoms with Gasteiger partial charge in [-0.3, -0.25) is 0 Å². The van der Waals surface area contributed by atoms with Crippen molar-refractivity contribution in [3.8, 4) is 0 Å². The van der Waals surface area contributed by atoms with Crippen LogP contribution in [-0.2, 0) is 11.2 Å². The quantitative estimate of drug-likeness (QED) is 0.864. The van der Waals surface area contributed by atoms with E-state index in [-0.39, 0.29) is 12.1 Å². The topological polar surface area (TPSA) is 60.2 Å². The molecule has 0 aliphatic rings. The van der Waals surface area contributed by atoms with Crippen LogP contribution in [0.25, 0.3) is 0 Å². The van der Waals surface area contributed by atoms with Gasteiger partial charge in [0.25, 0.3) is 0 Å². The molecule has 2 unspecified atom stereocenters.